The van der Waals surface area contributed by atoms with Crippen molar-refractivity contribution < 1.29 is 22.7 Å². The first-order chi connectivity index (χ1) is 15.3. The number of carbonyl (C=O) groups excluding carboxylic acids is 1. The van der Waals surface area contributed by atoms with E-state index in [9.17, 15) is 13.2 Å². The predicted octanol–water partition coefficient (Wildman–Crippen LogP) is 4.05. The van der Waals surface area contributed by atoms with Crippen LogP contribution in [0, 0.1) is 19.3 Å². The number of hydrogen-bond acceptors (Lipinski definition) is 6. The second-order valence-corrected chi connectivity index (χ2v) is 10.7. The molecule has 2 aromatic rings. The lowest BCUT2D eigenvalue weighted by Crippen LogP contribution is -2.40. The molecule has 1 amide bonds. The van der Waals surface area contributed by atoms with Gasteiger partial charge in [0, 0.05) is 17.2 Å². The fourth-order valence-electron chi connectivity index (χ4n) is 2.99. The minimum atomic E-state index is -4.12. The molecule has 33 heavy (non-hydrogen) atoms. The maximum absolute atomic E-state index is 13.7. The van der Waals surface area contributed by atoms with E-state index in [1.54, 1.807) is 12.1 Å². The van der Waals surface area contributed by atoms with Crippen molar-refractivity contribution in [1.29, 1.82) is 0 Å². The van der Waals surface area contributed by atoms with Crippen molar-refractivity contribution in [2.24, 2.45) is 10.5 Å². The smallest absolute Gasteiger partial charge is 0.264 e. The third kappa shape index (κ3) is 6.47. The van der Waals surface area contributed by atoms with Gasteiger partial charge in [-0.25, -0.2) is 13.8 Å². The van der Waals surface area contributed by atoms with Crippen LogP contribution >= 0.6 is 0 Å². The zero-order valence-electron chi connectivity index (χ0n) is 20.5. The van der Waals surface area contributed by atoms with Gasteiger partial charge in [-0.15, -0.1) is 0 Å². The highest BCUT2D eigenvalue weighted by molar-refractivity contribution is 7.92. The Hall–Kier alpha value is -3.07. The number of rotatable bonds is 8. The molecule has 0 unspecified atom stereocenters. The zero-order chi connectivity index (χ0) is 25.0. The predicted molar refractivity (Wildman–Crippen MR) is 131 cm³/mol. The van der Waals surface area contributed by atoms with Crippen LogP contribution in [0.25, 0.3) is 0 Å². The summed E-state index contributed by atoms with van der Waals surface area (Å²) < 4.78 is 38.9. The van der Waals surface area contributed by atoms with E-state index in [1.165, 1.54) is 32.4 Å². The molecule has 0 saturated carbocycles. The Balaban J connectivity index is 2.52. The quantitative estimate of drug-likeness (QED) is 0.459. The van der Waals surface area contributed by atoms with Gasteiger partial charge in [-0.2, -0.15) is 5.10 Å². The van der Waals surface area contributed by atoms with E-state index in [0.29, 0.717) is 11.4 Å². The minimum absolute atomic E-state index is 0.0264. The molecule has 0 heterocycles. The maximum Gasteiger partial charge on any atom is 0.264 e. The van der Waals surface area contributed by atoms with Crippen molar-refractivity contribution in [3.63, 3.8) is 0 Å². The Kier molecular flexibility index (Phi) is 8.13. The van der Waals surface area contributed by atoms with Crippen molar-refractivity contribution >= 4 is 27.3 Å². The topological polar surface area (TPSA) is 97.3 Å². The summed E-state index contributed by atoms with van der Waals surface area (Å²) in [5.41, 5.74) is 5.10. The first-order valence-electron chi connectivity index (χ1n) is 10.5. The Labute approximate surface area is 196 Å². The van der Waals surface area contributed by atoms with Crippen molar-refractivity contribution in [3.05, 3.63) is 47.5 Å². The number of carbonyl (C=O) groups is 1. The number of hydrazone groups is 1. The fraction of sp³-hybridized carbons (Fsp3) is 0.417. The van der Waals surface area contributed by atoms with Gasteiger partial charge in [0.05, 0.1) is 24.8 Å². The molecule has 0 saturated heterocycles. The summed E-state index contributed by atoms with van der Waals surface area (Å²) in [6, 6.07) is 9.70. The van der Waals surface area contributed by atoms with Gasteiger partial charge in [0.15, 0.2) is 11.5 Å². The molecule has 0 radical (unpaired) electrons. The average molecular weight is 476 g/mol. The molecule has 0 bridgehead atoms. The summed E-state index contributed by atoms with van der Waals surface area (Å²) in [4.78, 5) is 12.7. The van der Waals surface area contributed by atoms with Crippen LogP contribution in [0.5, 0.6) is 11.5 Å². The SMILES string of the molecule is COc1ccc(S(=O)(=O)N(CC(=O)N/N=C(\C)C(C)(C)C)c2cc(C)cc(C)c2)cc1OC. The van der Waals surface area contributed by atoms with Crippen molar-refractivity contribution in [1.82, 2.24) is 5.43 Å². The Morgan fingerprint density at radius 2 is 1.58 bits per heavy atom. The Morgan fingerprint density at radius 1 is 1.00 bits per heavy atom. The molecule has 1 N–H and O–H groups in total. The van der Waals surface area contributed by atoms with E-state index in [-0.39, 0.29) is 16.1 Å². The summed E-state index contributed by atoms with van der Waals surface area (Å²) in [6.45, 7) is 11.0. The number of sulfonamides is 1. The standard InChI is InChI=1S/C24H33N3O5S/c1-16-11-17(2)13-19(12-16)27(15-23(28)26-25-18(3)24(4,5)6)33(29,30)20-9-10-21(31-7)22(14-20)32-8/h9-14H,15H2,1-8H3,(H,26,28)/b25-18+. The van der Waals surface area contributed by atoms with Crippen LogP contribution in [0.2, 0.25) is 0 Å². The van der Waals surface area contributed by atoms with Crippen LogP contribution in [-0.2, 0) is 14.8 Å². The second-order valence-electron chi connectivity index (χ2n) is 8.86. The summed E-state index contributed by atoms with van der Waals surface area (Å²) in [5, 5.41) is 4.14. The second kappa shape index (κ2) is 10.2. The molecule has 8 nitrogen and oxygen atoms in total. The van der Waals surface area contributed by atoms with Gasteiger partial charge in [-0.05, 0) is 56.2 Å². The fourth-order valence-corrected chi connectivity index (χ4v) is 4.41. The minimum Gasteiger partial charge on any atom is -0.493 e. The molecule has 2 aromatic carbocycles. The van der Waals surface area contributed by atoms with Gasteiger partial charge in [0.25, 0.3) is 15.9 Å². The first kappa shape index (κ1) is 26.2. The van der Waals surface area contributed by atoms with Crippen molar-refractivity contribution in [2.75, 3.05) is 25.1 Å². The third-order valence-corrected chi connectivity index (χ3v) is 6.93. The largest absolute Gasteiger partial charge is 0.493 e. The average Bonchev–Trinajstić information content (AvgIpc) is 2.73. The lowest BCUT2D eigenvalue weighted by Gasteiger charge is -2.25. The van der Waals surface area contributed by atoms with E-state index in [0.717, 1.165) is 21.1 Å². The zero-order valence-corrected chi connectivity index (χ0v) is 21.3. The van der Waals surface area contributed by atoms with Crippen LogP contribution in [0.1, 0.15) is 38.8 Å². The van der Waals surface area contributed by atoms with Crippen molar-refractivity contribution in [3.8, 4) is 11.5 Å². The van der Waals surface area contributed by atoms with Gasteiger partial charge < -0.3 is 9.47 Å². The Morgan fingerprint density at radius 3 is 2.09 bits per heavy atom. The molecular formula is C24H33N3O5S. The van der Waals surface area contributed by atoms with E-state index in [1.807, 2.05) is 47.6 Å². The van der Waals surface area contributed by atoms with Crippen LogP contribution in [0.3, 0.4) is 0 Å². The number of methoxy groups -OCH3 is 2. The third-order valence-electron chi connectivity index (χ3n) is 5.16. The highest BCUT2D eigenvalue weighted by Crippen LogP contribution is 2.32. The van der Waals surface area contributed by atoms with Gasteiger partial charge >= 0.3 is 0 Å². The monoisotopic (exact) mass is 475 g/mol. The number of anilines is 1. The van der Waals surface area contributed by atoms with E-state index in [4.69, 9.17) is 9.47 Å². The number of nitrogens with zero attached hydrogens (tertiary/aromatic N) is 2. The van der Waals surface area contributed by atoms with E-state index < -0.39 is 22.5 Å². The van der Waals surface area contributed by atoms with E-state index in [2.05, 4.69) is 10.5 Å². The molecule has 180 valence electrons. The molecular weight excluding hydrogens is 442 g/mol. The molecule has 0 spiro atoms. The first-order valence-corrected chi connectivity index (χ1v) is 11.9. The van der Waals surface area contributed by atoms with Crippen LogP contribution < -0.4 is 19.2 Å². The molecule has 0 atom stereocenters. The number of nitrogens with one attached hydrogen (secondary N) is 1. The molecule has 0 aromatic heterocycles. The molecule has 0 aliphatic rings. The van der Waals surface area contributed by atoms with Gasteiger partial charge in [0.2, 0.25) is 0 Å². The van der Waals surface area contributed by atoms with Crippen LogP contribution in [0.15, 0.2) is 46.4 Å². The summed E-state index contributed by atoms with van der Waals surface area (Å²) >= 11 is 0. The lowest BCUT2D eigenvalue weighted by atomic mass is 9.91. The number of ether oxygens (including phenoxy) is 2. The molecule has 0 fully saturated rings. The highest BCUT2D eigenvalue weighted by atomic mass is 32.2. The molecule has 0 aliphatic heterocycles. The van der Waals surface area contributed by atoms with Gasteiger partial charge in [0.1, 0.15) is 6.54 Å². The summed E-state index contributed by atoms with van der Waals surface area (Å²) in [5.74, 6) is 0.120. The van der Waals surface area contributed by atoms with Gasteiger partial charge in [-0.3, -0.25) is 9.10 Å². The normalized spacial score (nSPS) is 12.3. The van der Waals surface area contributed by atoms with Crippen molar-refractivity contribution in [2.45, 2.75) is 46.4 Å². The van der Waals surface area contributed by atoms with E-state index >= 15 is 0 Å². The maximum atomic E-state index is 13.7. The summed E-state index contributed by atoms with van der Waals surface area (Å²) in [7, 11) is -1.22. The number of hydrogen-bond donors (Lipinski definition) is 1. The summed E-state index contributed by atoms with van der Waals surface area (Å²) in [6.07, 6.45) is 0. The van der Waals surface area contributed by atoms with Gasteiger partial charge in [-0.1, -0.05) is 26.8 Å². The highest BCUT2D eigenvalue weighted by Gasteiger charge is 2.29. The van der Waals surface area contributed by atoms with Crippen LogP contribution in [-0.4, -0.2) is 40.8 Å². The molecule has 9 heteroatoms. The number of amides is 1. The lowest BCUT2D eigenvalue weighted by molar-refractivity contribution is -0.119. The Bertz CT molecular complexity index is 1130. The molecule has 2 rings (SSSR count). The molecule has 0 aliphatic carbocycles. The van der Waals surface area contributed by atoms with Crippen LogP contribution in [0.4, 0.5) is 5.69 Å². The number of benzene rings is 2. The number of aryl methyl sites for hydroxylation is 2.